The average Bonchev–Trinajstić information content (AvgIpc) is 3.43. The van der Waals surface area contributed by atoms with Crippen LogP contribution in [0.4, 0.5) is 13.2 Å². The first-order valence-corrected chi connectivity index (χ1v) is 12.1. The van der Waals surface area contributed by atoms with E-state index >= 15 is 0 Å². The Balaban J connectivity index is 1.47. The van der Waals surface area contributed by atoms with Crippen LogP contribution in [0.3, 0.4) is 0 Å². The summed E-state index contributed by atoms with van der Waals surface area (Å²) in [6.07, 6.45) is 4.19. The van der Waals surface area contributed by atoms with Gasteiger partial charge in [-0.25, -0.2) is 0 Å². The van der Waals surface area contributed by atoms with Crippen LogP contribution in [0.5, 0.6) is 11.5 Å². The summed E-state index contributed by atoms with van der Waals surface area (Å²) in [7, 11) is -5.84. The maximum Gasteiger partial charge on any atom is 0.534 e. The first-order valence-electron chi connectivity index (χ1n) is 10.7. The summed E-state index contributed by atoms with van der Waals surface area (Å²) < 4.78 is 72.5. The lowest BCUT2D eigenvalue weighted by Gasteiger charge is -2.57. The molecule has 0 N–H and O–H groups in total. The van der Waals surface area contributed by atoms with Gasteiger partial charge in [0.05, 0.1) is 0 Å². The minimum atomic E-state index is -5.84. The summed E-state index contributed by atoms with van der Waals surface area (Å²) in [5.41, 5.74) is -4.53. The summed E-state index contributed by atoms with van der Waals surface area (Å²) in [5.74, 6) is 0.343. The quantitative estimate of drug-likeness (QED) is 0.512. The van der Waals surface area contributed by atoms with Gasteiger partial charge < -0.3 is 8.92 Å². The zero-order chi connectivity index (χ0) is 21.8. The van der Waals surface area contributed by atoms with Crippen molar-refractivity contribution in [3.8, 4) is 11.5 Å². The number of nitrogens with zero attached hydrogens (tertiary/aromatic N) is 1. The van der Waals surface area contributed by atoms with E-state index in [1.807, 2.05) is 0 Å². The monoisotopic (exact) mass is 457 g/mol. The summed E-state index contributed by atoms with van der Waals surface area (Å²) in [6, 6.07) is 3.14. The van der Waals surface area contributed by atoms with Crippen LogP contribution >= 0.6 is 0 Å². The molecule has 1 aromatic carbocycles. The fourth-order valence-electron chi connectivity index (χ4n) is 6.49. The molecular formula is C21H22F3NO5S. The van der Waals surface area contributed by atoms with Crippen molar-refractivity contribution in [2.75, 3.05) is 13.1 Å². The molecule has 4 unspecified atom stereocenters. The molecule has 1 aromatic rings. The fraction of sp³-hybridized carbons (Fsp3) is 0.667. The van der Waals surface area contributed by atoms with Crippen molar-refractivity contribution in [2.24, 2.45) is 11.8 Å². The predicted octanol–water partition coefficient (Wildman–Crippen LogP) is 2.93. The predicted molar refractivity (Wildman–Crippen MR) is 102 cm³/mol. The zero-order valence-corrected chi connectivity index (χ0v) is 17.5. The number of hydrogen-bond donors (Lipinski definition) is 0. The highest BCUT2D eigenvalue weighted by atomic mass is 32.2. The van der Waals surface area contributed by atoms with Crippen LogP contribution in [0.1, 0.15) is 43.2 Å². The van der Waals surface area contributed by atoms with Crippen LogP contribution in [-0.4, -0.2) is 49.8 Å². The highest BCUT2D eigenvalue weighted by Crippen LogP contribution is 2.63. The van der Waals surface area contributed by atoms with Gasteiger partial charge in [0.15, 0.2) is 23.4 Å². The number of ether oxygens (including phenoxy) is 1. The SMILES string of the molecule is O=C1CCC2C3Cc4ccc(OS(=O)(=O)C(F)(F)F)c5c4C2(CCN3CC2CC2)C1O5. The van der Waals surface area contributed by atoms with E-state index in [1.54, 1.807) is 6.07 Å². The van der Waals surface area contributed by atoms with Crippen LogP contribution in [0.2, 0.25) is 0 Å². The highest BCUT2D eigenvalue weighted by molar-refractivity contribution is 7.88. The van der Waals surface area contributed by atoms with Crippen LogP contribution < -0.4 is 8.92 Å². The minimum Gasteiger partial charge on any atom is -0.477 e. The molecule has 1 spiro atoms. The van der Waals surface area contributed by atoms with Crippen LogP contribution in [0, 0.1) is 11.8 Å². The molecular weight excluding hydrogens is 435 g/mol. The van der Waals surface area contributed by atoms with E-state index in [1.165, 1.54) is 18.9 Å². The molecule has 0 aromatic heterocycles. The third kappa shape index (κ3) is 2.66. The van der Waals surface area contributed by atoms with Crippen molar-refractivity contribution < 1.29 is 35.3 Å². The van der Waals surface area contributed by atoms with Gasteiger partial charge in [-0.2, -0.15) is 21.6 Å². The lowest BCUT2D eigenvalue weighted by molar-refractivity contribution is -0.138. The third-order valence-electron chi connectivity index (χ3n) is 7.88. The third-order valence-corrected chi connectivity index (χ3v) is 8.85. The van der Waals surface area contributed by atoms with E-state index in [9.17, 15) is 26.4 Å². The van der Waals surface area contributed by atoms with E-state index in [2.05, 4.69) is 9.08 Å². The van der Waals surface area contributed by atoms with Gasteiger partial charge in [0.1, 0.15) is 0 Å². The standard InChI is InChI=1S/C21H22F3NO5S/c22-21(23,24)31(27,28)30-16-6-3-12-9-14-13-4-5-15(26)19-20(13,17(12)18(16)29-19)7-8-25(14)10-11-1-2-11/h3,6,11,13-14,19H,1-2,4-5,7-10H2. The van der Waals surface area contributed by atoms with E-state index in [0.29, 0.717) is 18.4 Å². The lowest BCUT2D eigenvalue weighted by atomic mass is 9.51. The number of carbonyl (C=O) groups excluding carboxylic acids is 1. The molecule has 6 nitrogen and oxygen atoms in total. The number of Topliss-reactive ketones (excluding diaryl/α,β-unsaturated/α-hetero) is 1. The van der Waals surface area contributed by atoms with E-state index < -0.39 is 32.9 Å². The number of hydrogen-bond acceptors (Lipinski definition) is 6. The molecule has 31 heavy (non-hydrogen) atoms. The first-order chi connectivity index (χ1) is 14.6. The molecule has 2 aliphatic heterocycles. The number of alkyl halides is 3. The van der Waals surface area contributed by atoms with Gasteiger partial charge in [-0.15, -0.1) is 0 Å². The summed E-state index contributed by atoms with van der Waals surface area (Å²) >= 11 is 0. The van der Waals surface area contributed by atoms with Crippen molar-refractivity contribution in [1.29, 1.82) is 0 Å². The van der Waals surface area contributed by atoms with Gasteiger partial charge in [-0.3, -0.25) is 9.69 Å². The molecule has 2 bridgehead atoms. The Morgan fingerprint density at radius 2 is 2.00 bits per heavy atom. The smallest absolute Gasteiger partial charge is 0.477 e. The van der Waals surface area contributed by atoms with Crippen LogP contribution in [0.25, 0.3) is 0 Å². The molecule has 1 saturated heterocycles. The largest absolute Gasteiger partial charge is 0.534 e. The zero-order valence-electron chi connectivity index (χ0n) is 16.7. The maximum atomic E-state index is 12.9. The van der Waals surface area contributed by atoms with E-state index in [0.717, 1.165) is 37.4 Å². The summed E-state index contributed by atoms with van der Waals surface area (Å²) in [4.78, 5) is 15.4. The molecule has 10 heteroatoms. The summed E-state index contributed by atoms with van der Waals surface area (Å²) in [6.45, 7) is 1.85. The van der Waals surface area contributed by atoms with Gasteiger partial charge in [-0.1, -0.05) is 6.07 Å². The molecule has 2 saturated carbocycles. The van der Waals surface area contributed by atoms with Crippen molar-refractivity contribution in [1.82, 2.24) is 4.90 Å². The maximum absolute atomic E-state index is 12.9. The molecule has 0 amide bonds. The molecule has 0 radical (unpaired) electrons. The Kier molecular flexibility index (Phi) is 3.94. The second-order valence-corrected chi connectivity index (χ2v) is 11.1. The minimum absolute atomic E-state index is 0.00432. The molecule has 168 valence electrons. The topological polar surface area (TPSA) is 72.9 Å². The molecule has 3 aliphatic carbocycles. The van der Waals surface area contributed by atoms with Gasteiger partial charge in [0.25, 0.3) is 0 Å². The highest BCUT2D eigenvalue weighted by Gasteiger charge is 2.66. The Hall–Kier alpha value is -1.81. The number of piperidine rings is 1. The molecule has 4 atom stereocenters. The van der Waals surface area contributed by atoms with Crippen LogP contribution in [-0.2, 0) is 26.7 Å². The number of carbonyl (C=O) groups is 1. The number of ketones is 1. The number of halogens is 3. The van der Waals surface area contributed by atoms with Gasteiger partial charge in [0, 0.05) is 30.0 Å². The Morgan fingerprint density at radius 1 is 1.23 bits per heavy atom. The van der Waals surface area contributed by atoms with Crippen molar-refractivity contribution in [3.63, 3.8) is 0 Å². The number of rotatable bonds is 4. The van der Waals surface area contributed by atoms with Crippen molar-refractivity contribution in [2.45, 2.75) is 61.6 Å². The van der Waals surface area contributed by atoms with Gasteiger partial charge >= 0.3 is 15.6 Å². The number of likely N-dealkylation sites (tertiary alicyclic amines) is 1. The van der Waals surface area contributed by atoms with Crippen molar-refractivity contribution >= 4 is 15.9 Å². The fourth-order valence-corrected chi connectivity index (χ4v) is 6.95. The Labute approximate surface area is 177 Å². The molecule has 3 fully saturated rings. The van der Waals surface area contributed by atoms with Gasteiger partial charge in [-0.05, 0) is 62.1 Å². The molecule has 6 rings (SSSR count). The van der Waals surface area contributed by atoms with Gasteiger partial charge in [0.2, 0.25) is 0 Å². The average molecular weight is 457 g/mol. The van der Waals surface area contributed by atoms with Crippen molar-refractivity contribution in [3.05, 3.63) is 23.3 Å². The molecule has 5 aliphatic rings. The normalized spacial score (nSPS) is 34.3. The van der Waals surface area contributed by atoms with E-state index in [-0.39, 0.29) is 23.5 Å². The Bertz CT molecular complexity index is 1080. The summed E-state index contributed by atoms with van der Waals surface area (Å²) in [5, 5.41) is 0. The number of benzene rings is 1. The van der Waals surface area contributed by atoms with E-state index in [4.69, 9.17) is 4.74 Å². The lowest BCUT2D eigenvalue weighted by Crippen LogP contribution is -2.66. The van der Waals surface area contributed by atoms with Crippen LogP contribution in [0.15, 0.2) is 12.1 Å². The first kappa shape index (κ1) is 19.8. The molecule has 2 heterocycles. The second-order valence-electron chi connectivity index (χ2n) is 9.52. The second kappa shape index (κ2) is 6.15. The Morgan fingerprint density at radius 3 is 2.71 bits per heavy atom.